The third-order valence-corrected chi connectivity index (χ3v) is 4.95. The van der Waals surface area contributed by atoms with Gasteiger partial charge < -0.3 is 5.32 Å². The van der Waals surface area contributed by atoms with Crippen molar-refractivity contribution in [1.29, 1.82) is 0 Å². The van der Waals surface area contributed by atoms with Crippen LogP contribution in [0.5, 0.6) is 0 Å². The van der Waals surface area contributed by atoms with E-state index >= 15 is 0 Å². The van der Waals surface area contributed by atoms with Crippen LogP contribution < -0.4 is 5.32 Å². The zero-order valence-electron chi connectivity index (χ0n) is 12.5. The van der Waals surface area contributed by atoms with E-state index in [0.717, 1.165) is 10.6 Å². The summed E-state index contributed by atoms with van der Waals surface area (Å²) in [6.07, 6.45) is 1.54. The number of hydrogen-bond donors (Lipinski definition) is 1. The van der Waals surface area contributed by atoms with Crippen molar-refractivity contribution in [2.24, 2.45) is 0 Å². The molecule has 1 N–H and O–H groups in total. The van der Waals surface area contributed by atoms with Gasteiger partial charge in [-0.05, 0) is 30.3 Å². The minimum absolute atomic E-state index is 0.318. The molecule has 2 heterocycles. The molecule has 6 nitrogen and oxygen atoms in total. The normalized spacial score (nSPS) is 11.0. The molecule has 0 atom stereocenters. The van der Waals surface area contributed by atoms with Crippen molar-refractivity contribution < 1.29 is 4.79 Å². The molecular weight excluding hydrogens is 381 g/mol. The molecule has 124 valence electrons. The third-order valence-electron chi connectivity index (χ3n) is 3.43. The van der Waals surface area contributed by atoms with Gasteiger partial charge in [-0.25, -0.2) is 0 Å². The lowest BCUT2D eigenvalue weighted by Gasteiger charge is -2.08. The van der Waals surface area contributed by atoms with E-state index in [1.807, 2.05) is 18.2 Å². The second-order valence-electron chi connectivity index (χ2n) is 5.12. The Bertz CT molecular complexity index is 1060. The third kappa shape index (κ3) is 3.21. The number of benzene rings is 2. The quantitative estimate of drug-likeness (QED) is 0.563. The summed E-state index contributed by atoms with van der Waals surface area (Å²) >= 11 is 13.4. The summed E-state index contributed by atoms with van der Waals surface area (Å²) < 4.78 is 1.61. The number of carbonyl (C=O) groups excluding carboxylic acids is 1. The molecule has 0 radical (unpaired) electrons. The molecule has 4 aromatic rings. The van der Waals surface area contributed by atoms with Gasteiger partial charge in [0.1, 0.15) is 11.3 Å². The highest BCUT2D eigenvalue weighted by atomic mass is 35.5. The first-order valence-corrected chi connectivity index (χ1v) is 8.71. The number of amides is 1. The molecule has 2 aromatic carbocycles. The summed E-state index contributed by atoms with van der Waals surface area (Å²) in [5, 5.41) is 16.5. The van der Waals surface area contributed by atoms with E-state index in [0.29, 0.717) is 26.3 Å². The Morgan fingerprint density at radius 3 is 2.88 bits per heavy atom. The smallest absolute Gasteiger partial charge is 0.257 e. The van der Waals surface area contributed by atoms with E-state index in [4.69, 9.17) is 23.2 Å². The monoisotopic (exact) mass is 389 g/mol. The molecule has 0 aliphatic heterocycles. The van der Waals surface area contributed by atoms with Gasteiger partial charge in [-0.15, -0.1) is 10.2 Å². The number of aromatic nitrogens is 4. The maximum Gasteiger partial charge on any atom is 0.257 e. The Balaban J connectivity index is 1.62. The number of halogens is 2. The second kappa shape index (κ2) is 6.44. The highest BCUT2D eigenvalue weighted by Crippen LogP contribution is 2.27. The number of carbonyl (C=O) groups is 1. The zero-order chi connectivity index (χ0) is 17.4. The lowest BCUT2D eigenvalue weighted by atomic mass is 10.2. The van der Waals surface area contributed by atoms with Gasteiger partial charge in [-0.2, -0.15) is 9.61 Å². The van der Waals surface area contributed by atoms with Crippen LogP contribution in [-0.2, 0) is 0 Å². The van der Waals surface area contributed by atoms with Crippen molar-refractivity contribution in [3.8, 4) is 10.6 Å². The van der Waals surface area contributed by atoms with E-state index in [2.05, 4.69) is 20.6 Å². The molecule has 4 rings (SSSR count). The molecule has 0 aliphatic rings. The summed E-state index contributed by atoms with van der Waals surface area (Å²) in [5.74, 6) is -0.331. The van der Waals surface area contributed by atoms with Crippen LogP contribution in [0.4, 0.5) is 5.69 Å². The van der Waals surface area contributed by atoms with Gasteiger partial charge in [0.15, 0.2) is 0 Å². The molecule has 0 saturated carbocycles. The van der Waals surface area contributed by atoms with Crippen molar-refractivity contribution in [3.05, 3.63) is 64.4 Å². The van der Waals surface area contributed by atoms with Gasteiger partial charge in [0.05, 0.1) is 10.6 Å². The van der Waals surface area contributed by atoms with Crippen LogP contribution >= 0.6 is 34.5 Å². The van der Waals surface area contributed by atoms with Crippen LogP contribution in [0.3, 0.4) is 0 Å². The van der Waals surface area contributed by atoms with Gasteiger partial charge in [-0.1, -0.05) is 46.7 Å². The first-order valence-electron chi connectivity index (χ1n) is 7.14. The van der Waals surface area contributed by atoms with Gasteiger partial charge in [-0.3, -0.25) is 4.79 Å². The van der Waals surface area contributed by atoms with E-state index in [1.165, 1.54) is 17.4 Å². The predicted octanol–water partition coefficient (Wildman–Crippen LogP) is 4.41. The maximum atomic E-state index is 12.4. The molecular formula is C16H9Cl2N5OS. The van der Waals surface area contributed by atoms with Crippen LogP contribution in [0.2, 0.25) is 10.0 Å². The average Bonchev–Trinajstić information content (AvgIpc) is 3.19. The number of nitrogens with zero attached hydrogens (tertiary/aromatic N) is 4. The molecule has 0 spiro atoms. The lowest BCUT2D eigenvalue weighted by Crippen LogP contribution is -2.12. The van der Waals surface area contributed by atoms with Crippen molar-refractivity contribution in [3.63, 3.8) is 0 Å². The molecule has 0 bridgehead atoms. The van der Waals surface area contributed by atoms with Gasteiger partial charge in [0, 0.05) is 16.3 Å². The summed E-state index contributed by atoms with van der Waals surface area (Å²) in [6.45, 7) is 0. The second-order valence-corrected chi connectivity index (χ2v) is 6.92. The number of nitrogens with one attached hydrogen (secondary N) is 1. The fourth-order valence-corrected chi connectivity index (χ4v) is 3.47. The standard InChI is InChI=1S/C16H9Cl2N5OS/c17-10-4-5-13(18)12(7-10)14(24)20-11-3-1-2-9(6-11)15-22-23-8-19-21-16(23)25-15/h1-8H,(H,20,24). The van der Waals surface area contributed by atoms with Gasteiger partial charge in [0.2, 0.25) is 4.96 Å². The fraction of sp³-hybridized carbons (Fsp3) is 0. The van der Waals surface area contributed by atoms with Gasteiger partial charge in [0.25, 0.3) is 5.91 Å². The van der Waals surface area contributed by atoms with Crippen molar-refractivity contribution in [2.45, 2.75) is 0 Å². The van der Waals surface area contributed by atoms with Crippen LogP contribution in [-0.4, -0.2) is 25.7 Å². The van der Waals surface area contributed by atoms with Crippen molar-refractivity contribution in [1.82, 2.24) is 19.8 Å². The fourth-order valence-electron chi connectivity index (χ4n) is 2.28. The Morgan fingerprint density at radius 1 is 1.16 bits per heavy atom. The molecule has 2 aromatic heterocycles. The average molecular weight is 390 g/mol. The highest BCUT2D eigenvalue weighted by Gasteiger charge is 2.13. The van der Waals surface area contributed by atoms with Crippen LogP contribution in [0.25, 0.3) is 15.5 Å². The summed E-state index contributed by atoms with van der Waals surface area (Å²) in [5.41, 5.74) is 1.81. The summed E-state index contributed by atoms with van der Waals surface area (Å²) in [4.78, 5) is 13.1. The molecule has 9 heteroatoms. The lowest BCUT2D eigenvalue weighted by molar-refractivity contribution is 0.102. The van der Waals surface area contributed by atoms with Crippen LogP contribution in [0, 0.1) is 0 Å². The minimum Gasteiger partial charge on any atom is -0.322 e. The number of rotatable bonds is 3. The molecule has 0 saturated heterocycles. The topological polar surface area (TPSA) is 72.2 Å². The highest BCUT2D eigenvalue weighted by molar-refractivity contribution is 7.19. The van der Waals surface area contributed by atoms with Crippen molar-refractivity contribution >= 4 is 51.1 Å². The SMILES string of the molecule is O=C(Nc1cccc(-c2nn3cnnc3s2)c1)c1cc(Cl)ccc1Cl. The Morgan fingerprint density at radius 2 is 2.04 bits per heavy atom. The Kier molecular flexibility index (Phi) is 4.12. The molecule has 0 fully saturated rings. The number of hydrogen-bond acceptors (Lipinski definition) is 5. The first kappa shape index (κ1) is 16.0. The van der Waals surface area contributed by atoms with E-state index in [-0.39, 0.29) is 5.91 Å². The molecule has 0 unspecified atom stereocenters. The largest absolute Gasteiger partial charge is 0.322 e. The van der Waals surface area contributed by atoms with E-state index in [9.17, 15) is 4.79 Å². The van der Waals surface area contributed by atoms with Gasteiger partial charge >= 0.3 is 0 Å². The summed E-state index contributed by atoms with van der Waals surface area (Å²) in [7, 11) is 0. The molecule has 1 amide bonds. The zero-order valence-corrected chi connectivity index (χ0v) is 14.8. The summed E-state index contributed by atoms with van der Waals surface area (Å²) in [6, 6.07) is 12.1. The molecule has 0 aliphatic carbocycles. The minimum atomic E-state index is -0.331. The van der Waals surface area contributed by atoms with Crippen molar-refractivity contribution in [2.75, 3.05) is 5.32 Å². The van der Waals surface area contributed by atoms with E-state index < -0.39 is 0 Å². The Hall–Kier alpha value is -2.48. The molecule has 25 heavy (non-hydrogen) atoms. The number of fused-ring (bicyclic) bond motifs is 1. The first-order chi connectivity index (χ1) is 12.1. The Labute approximate surface area is 156 Å². The number of anilines is 1. The predicted molar refractivity (Wildman–Crippen MR) is 98.5 cm³/mol. The van der Waals surface area contributed by atoms with E-state index in [1.54, 1.807) is 29.0 Å². The van der Waals surface area contributed by atoms with Crippen LogP contribution in [0.1, 0.15) is 10.4 Å². The maximum absolute atomic E-state index is 12.4. The van der Waals surface area contributed by atoms with Crippen LogP contribution in [0.15, 0.2) is 48.8 Å².